The summed E-state index contributed by atoms with van der Waals surface area (Å²) < 4.78 is 21.5. The number of hydrogen-bond acceptors (Lipinski definition) is 4. The van der Waals surface area contributed by atoms with Crippen molar-refractivity contribution >= 4 is 13.4 Å². The number of hydrogen-bond donors (Lipinski definition) is 0. The molecule has 13 heavy (non-hydrogen) atoms. The first-order valence-electron chi connectivity index (χ1n) is 4.47. The zero-order valence-corrected chi connectivity index (χ0v) is 9.30. The molecule has 0 aliphatic heterocycles. The fourth-order valence-corrected chi connectivity index (χ4v) is 1.86. The summed E-state index contributed by atoms with van der Waals surface area (Å²) in [5.74, 6) is -0.0617. The van der Waals surface area contributed by atoms with Crippen LogP contribution in [0.1, 0.15) is 27.2 Å². The van der Waals surface area contributed by atoms with Crippen LogP contribution in [0.4, 0.5) is 0 Å². The Bertz CT molecular complexity index is 202. The van der Waals surface area contributed by atoms with E-state index in [0.717, 1.165) is 0 Å². The highest BCUT2D eigenvalue weighted by molar-refractivity contribution is 7.53. The molecule has 0 aromatic heterocycles. The molecule has 0 aliphatic rings. The minimum atomic E-state index is -2.99. The van der Waals surface area contributed by atoms with Gasteiger partial charge in [0.15, 0.2) is 5.78 Å². The largest absolute Gasteiger partial charge is 0.330 e. The van der Waals surface area contributed by atoms with Gasteiger partial charge in [0.25, 0.3) is 0 Å². The van der Waals surface area contributed by atoms with Gasteiger partial charge in [-0.05, 0) is 6.92 Å². The lowest BCUT2D eigenvalue weighted by Crippen LogP contribution is -2.08. The van der Waals surface area contributed by atoms with Gasteiger partial charge in [0.2, 0.25) is 0 Å². The van der Waals surface area contributed by atoms with E-state index in [4.69, 9.17) is 9.05 Å². The second kappa shape index (κ2) is 6.30. The molecule has 0 fully saturated rings. The molecule has 4 nitrogen and oxygen atoms in total. The smallest absolute Gasteiger partial charge is 0.309 e. The minimum Gasteiger partial charge on any atom is -0.309 e. The summed E-state index contributed by atoms with van der Waals surface area (Å²) in [6, 6.07) is 0. The van der Waals surface area contributed by atoms with E-state index in [0.29, 0.717) is 19.2 Å². The van der Waals surface area contributed by atoms with Crippen molar-refractivity contribution in [2.75, 3.05) is 19.4 Å². The van der Waals surface area contributed by atoms with E-state index in [1.54, 1.807) is 20.8 Å². The number of rotatable bonds is 7. The van der Waals surface area contributed by atoms with Crippen LogP contribution in [-0.4, -0.2) is 25.2 Å². The Kier molecular flexibility index (Phi) is 6.21. The molecule has 78 valence electrons. The van der Waals surface area contributed by atoms with Crippen molar-refractivity contribution in [2.45, 2.75) is 27.2 Å². The van der Waals surface area contributed by atoms with Crippen LogP contribution in [0.2, 0.25) is 0 Å². The van der Waals surface area contributed by atoms with E-state index in [2.05, 4.69) is 0 Å². The summed E-state index contributed by atoms with van der Waals surface area (Å²) in [5, 5.41) is 0. The molecule has 0 saturated heterocycles. The monoisotopic (exact) mass is 208 g/mol. The summed E-state index contributed by atoms with van der Waals surface area (Å²) >= 11 is 0. The highest BCUT2D eigenvalue weighted by Gasteiger charge is 2.21. The fraction of sp³-hybridized carbons (Fsp3) is 0.875. The standard InChI is InChI=1S/C8H17O4P/c1-4-8(9)7-12-13(10,6-3)11-5-2/h4-7H2,1-3H3. The Morgan fingerprint density at radius 1 is 1.23 bits per heavy atom. The van der Waals surface area contributed by atoms with E-state index in [1.165, 1.54) is 0 Å². The van der Waals surface area contributed by atoms with Crippen molar-refractivity contribution in [1.82, 2.24) is 0 Å². The molecular formula is C8H17O4P. The third kappa shape index (κ3) is 5.19. The highest BCUT2D eigenvalue weighted by Crippen LogP contribution is 2.47. The minimum absolute atomic E-state index is 0.0617. The molecule has 0 heterocycles. The molecule has 0 bridgehead atoms. The molecule has 5 heteroatoms. The third-order valence-corrected chi connectivity index (χ3v) is 3.48. The van der Waals surface area contributed by atoms with E-state index >= 15 is 0 Å². The Labute approximate surface area is 79.1 Å². The predicted octanol–water partition coefficient (Wildman–Crippen LogP) is 2.23. The second-order valence-corrected chi connectivity index (χ2v) is 4.88. The van der Waals surface area contributed by atoms with Crippen LogP contribution in [-0.2, 0) is 18.4 Å². The van der Waals surface area contributed by atoms with E-state index in [-0.39, 0.29) is 12.4 Å². The quantitative estimate of drug-likeness (QED) is 0.602. The number of Topliss-reactive ketones (excluding diaryl/α,β-unsaturated/α-hetero) is 1. The van der Waals surface area contributed by atoms with Gasteiger partial charge >= 0.3 is 7.60 Å². The van der Waals surface area contributed by atoms with Crippen LogP contribution in [0.25, 0.3) is 0 Å². The molecular weight excluding hydrogens is 191 g/mol. The summed E-state index contributed by atoms with van der Waals surface area (Å²) in [5.41, 5.74) is 0. The summed E-state index contributed by atoms with van der Waals surface area (Å²) in [7, 11) is -2.99. The Morgan fingerprint density at radius 3 is 2.23 bits per heavy atom. The molecule has 1 atom stereocenters. The van der Waals surface area contributed by atoms with Gasteiger partial charge in [-0.25, -0.2) is 0 Å². The fourth-order valence-electron chi connectivity index (χ4n) is 0.689. The first kappa shape index (κ1) is 12.8. The molecule has 0 spiro atoms. The van der Waals surface area contributed by atoms with Gasteiger partial charge in [-0.3, -0.25) is 9.36 Å². The molecule has 0 aromatic rings. The van der Waals surface area contributed by atoms with Gasteiger partial charge in [-0.15, -0.1) is 0 Å². The maximum absolute atomic E-state index is 11.6. The van der Waals surface area contributed by atoms with Crippen molar-refractivity contribution in [1.29, 1.82) is 0 Å². The summed E-state index contributed by atoms with van der Waals surface area (Å²) in [4.78, 5) is 10.9. The normalized spacial score (nSPS) is 15.3. The SMILES string of the molecule is CCOP(=O)(CC)OCC(=O)CC. The zero-order valence-electron chi connectivity index (χ0n) is 8.41. The number of ketones is 1. The van der Waals surface area contributed by atoms with Crippen LogP contribution in [0, 0.1) is 0 Å². The van der Waals surface area contributed by atoms with Crippen LogP contribution < -0.4 is 0 Å². The maximum atomic E-state index is 11.6. The summed E-state index contributed by atoms with van der Waals surface area (Å²) in [6.45, 7) is 5.43. The average Bonchev–Trinajstić information content (AvgIpc) is 2.15. The van der Waals surface area contributed by atoms with Crippen LogP contribution in [0.3, 0.4) is 0 Å². The lowest BCUT2D eigenvalue weighted by Gasteiger charge is -2.14. The van der Waals surface area contributed by atoms with Crippen LogP contribution >= 0.6 is 7.60 Å². The molecule has 1 unspecified atom stereocenters. The third-order valence-electron chi connectivity index (χ3n) is 1.53. The molecule has 0 rings (SSSR count). The highest BCUT2D eigenvalue weighted by atomic mass is 31.2. The van der Waals surface area contributed by atoms with Crippen molar-refractivity contribution in [3.63, 3.8) is 0 Å². The lowest BCUT2D eigenvalue weighted by atomic mass is 10.3. The zero-order chi connectivity index (χ0) is 10.3. The van der Waals surface area contributed by atoms with Crippen LogP contribution in [0.5, 0.6) is 0 Å². The average molecular weight is 208 g/mol. The maximum Gasteiger partial charge on any atom is 0.330 e. The Hall–Kier alpha value is -0.180. The van der Waals surface area contributed by atoms with Crippen LogP contribution in [0.15, 0.2) is 0 Å². The van der Waals surface area contributed by atoms with Crippen molar-refractivity contribution in [3.05, 3.63) is 0 Å². The number of carbonyl (C=O) groups excluding carboxylic acids is 1. The van der Waals surface area contributed by atoms with Gasteiger partial charge in [0.1, 0.15) is 6.61 Å². The van der Waals surface area contributed by atoms with Gasteiger partial charge in [0.05, 0.1) is 6.61 Å². The molecule has 0 aromatic carbocycles. The first-order valence-corrected chi connectivity index (χ1v) is 6.20. The second-order valence-electron chi connectivity index (χ2n) is 2.51. The van der Waals surface area contributed by atoms with Crippen molar-refractivity contribution in [2.24, 2.45) is 0 Å². The topological polar surface area (TPSA) is 52.6 Å². The van der Waals surface area contributed by atoms with Gasteiger partial charge in [0, 0.05) is 12.6 Å². The van der Waals surface area contributed by atoms with Gasteiger partial charge in [-0.2, -0.15) is 0 Å². The van der Waals surface area contributed by atoms with E-state index < -0.39 is 7.60 Å². The first-order chi connectivity index (χ1) is 6.08. The molecule has 0 saturated carbocycles. The van der Waals surface area contributed by atoms with Gasteiger partial charge < -0.3 is 9.05 Å². The van der Waals surface area contributed by atoms with Crippen molar-refractivity contribution in [3.8, 4) is 0 Å². The predicted molar refractivity (Wildman–Crippen MR) is 51.0 cm³/mol. The molecule has 0 N–H and O–H groups in total. The van der Waals surface area contributed by atoms with E-state index in [1.807, 2.05) is 0 Å². The molecule has 0 aliphatic carbocycles. The number of carbonyl (C=O) groups is 1. The Morgan fingerprint density at radius 2 is 1.85 bits per heavy atom. The van der Waals surface area contributed by atoms with Crippen molar-refractivity contribution < 1.29 is 18.4 Å². The molecule has 0 radical (unpaired) electrons. The lowest BCUT2D eigenvalue weighted by molar-refractivity contribution is -0.120. The summed E-state index contributed by atoms with van der Waals surface area (Å²) in [6.07, 6.45) is 0.702. The van der Waals surface area contributed by atoms with Gasteiger partial charge in [-0.1, -0.05) is 13.8 Å². The van der Waals surface area contributed by atoms with E-state index in [9.17, 15) is 9.36 Å². The molecule has 0 amide bonds. The Balaban J connectivity index is 3.97.